The number of carbonyl (C=O) groups is 2. The Morgan fingerprint density at radius 1 is 1.30 bits per heavy atom. The molecule has 3 rings (SSSR count). The molecule has 144 valence electrons. The second-order valence-electron chi connectivity index (χ2n) is 6.03. The molecular formula is C19H23N3O4S. The molecule has 2 heterocycles. The van der Waals surface area contributed by atoms with Crippen LogP contribution in [0.2, 0.25) is 0 Å². The van der Waals surface area contributed by atoms with E-state index in [0.717, 1.165) is 18.7 Å². The summed E-state index contributed by atoms with van der Waals surface area (Å²) in [5.74, 6) is -0.348. The summed E-state index contributed by atoms with van der Waals surface area (Å²) in [7, 11) is 0. The predicted molar refractivity (Wildman–Crippen MR) is 105 cm³/mol. The Balaban J connectivity index is 1.76. The van der Waals surface area contributed by atoms with Crippen LogP contribution in [0.1, 0.15) is 12.5 Å². The summed E-state index contributed by atoms with van der Waals surface area (Å²) >= 11 is 1.23. The van der Waals surface area contributed by atoms with Gasteiger partial charge in [0, 0.05) is 13.1 Å². The molecule has 27 heavy (non-hydrogen) atoms. The zero-order chi connectivity index (χ0) is 19.1. The number of amidine groups is 1. The van der Waals surface area contributed by atoms with Crippen LogP contribution >= 0.6 is 11.8 Å². The van der Waals surface area contributed by atoms with Crippen LogP contribution in [-0.4, -0.2) is 72.2 Å². The first-order valence-electron chi connectivity index (χ1n) is 8.93. The summed E-state index contributed by atoms with van der Waals surface area (Å²) in [6.45, 7) is 5.36. The van der Waals surface area contributed by atoms with Crippen LogP contribution in [0.25, 0.3) is 6.08 Å². The summed E-state index contributed by atoms with van der Waals surface area (Å²) in [6.07, 6.45) is 1.77. The fourth-order valence-corrected chi connectivity index (χ4v) is 3.53. The molecule has 1 aromatic rings. The van der Waals surface area contributed by atoms with Crippen molar-refractivity contribution in [3.63, 3.8) is 0 Å². The van der Waals surface area contributed by atoms with Gasteiger partial charge in [-0.1, -0.05) is 42.1 Å². The van der Waals surface area contributed by atoms with E-state index >= 15 is 0 Å². The third-order valence-electron chi connectivity index (χ3n) is 4.08. The molecule has 0 saturated carbocycles. The molecule has 7 nitrogen and oxygen atoms in total. The molecule has 1 saturated heterocycles. The van der Waals surface area contributed by atoms with E-state index in [9.17, 15) is 9.59 Å². The second-order valence-corrected chi connectivity index (χ2v) is 6.98. The Morgan fingerprint density at radius 3 is 2.74 bits per heavy atom. The maximum absolute atomic E-state index is 12.9. The normalized spacial score (nSPS) is 19.4. The number of esters is 1. The number of rotatable bonds is 6. The van der Waals surface area contributed by atoms with Gasteiger partial charge in [-0.2, -0.15) is 0 Å². The standard InChI is InChI=1S/C19H23N3O4S/c1-2-26-17(23)13-27-19-20-16(12-15-6-4-3-5-7-15)18(24)22(19)14-21-8-10-25-11-9-21/h3-7,12H,2,8-11,13-14H2,1H3. The van der Waals surface area contributed by atoms with Crippen LogP contribution in [0.3, 0.4) is 0 Å². The monoisotopic (exact) mass is 389 g/mol. The highest BCUT2D eigenvalue weighted by atomic mass is 32.2. The quantitative estimate of drug-likeness (QED) is 0.546. The number of carbonyl (C=O) groups excluding carboxylic acids is 2. The number of hydrogen-bond acceptors (Lipinski definition) is 7. The van der Waals surface area contributed by atoms with Crippen molar-refractivity contribution in [1.29, 1.82) is 0 Å². The van der Waals surface area contributed by atoms with Crippen molar-refractivity contribution in [3.05, 3.63) is 41.6 Å². The molecule has 1 amide bonds. The summed E-state index contributed by atoms with van der Waals surface area (Å²) in [5.41, 5.74) is 1.29. The number of ether oxygens (including phenoxy) is 2. The van der Waals surface area contributed by atoms with Gasteiger partial charge in [0.2, 0.25) is 0 Å². The van der Waals surface area contributed by atoms with Crippen molar-refractivity contribution in [2.75, 3.05) is 45.3 Å². The minimum Gasteiger partial charge on any atom is -0.465 e. The number of aliphatic imine (C=N–C) groups is 1. The van der Waals surface area contributed by atoms with Crippen molar-refractivity contribution in [1.82, 2.24) is 9.80 Å². The first kappa shape index (κ1) is 19.6. The fraction of sp³-hybridized carbons (Fsp3) is 0.421. The van der Waals surface area contributed by atoms with Crippen molar-refractivity contribution >= 4 is 34.9 Å². The van der Waals surface area contributed by atoms with Crippen LogP contribution in [-0.2, 0) is 19.1 Å². The first-order valence-corrected chi connectivity index (χ1v) is 9.91. The molecule has 0 N–H and O–H groups in total. The lowest BCUT2D eigenvalue weighted by Crippen LogP contribution is -2.46. The Labute approximate surface area is 163 Å². The van der Waals surface area contributed by atoms with Gasteiger partial charge in [-0.05, 0) is 18.6 Å². The predicted octanol–water partition coefficient (Wildman–Crippen LogP) is 1.81. The summed E-state index contributed by atoms with van der Waals surface area (Å²) in [6, 6.07) is 9.60. The Hall–Kier alpha value is -2.16. The van der Waals surface area contributed by atoms with E-state index in [4.69, 9.17) is 9.47 Å². The number of morpholine rings is 1. The number of nitrogens with zero attached hydrogens (tertiary/aromatic N) is 3. The number of hydrogen-bond donors (Lipinski definition) is 0. The lowest BCUT2D eigenvalue weighted by Gasteiger charge is -2.30. The smallest absolute Gasteiger partial charge is 0.316 e. The minimum absolute atomic E-state index is 0.123. The van der Waals surface area contributed by atoms with Crippen LogP contribution in [0, 0.1) is 0 Å². The van der Waals surface area contributed by atoms with E-state index < -0.39 is 0 Å². The molecular weight excluding hydrogens is 366 g/mol. The number of thioether (sulfide) groups is 1. The molecule has 0 unspecified atom stereocenters. The summed E-state index contributed by atoms with van der Waals surface area (Å²) < 4.78 is 10.3. The molecule has 0 bridgehead atoms. The highest BCUT2D eigenvalue weighted by Crippen LogP contribution is 2.24. The van der Waals surface area contributed by atoms with E-state index in [-0.39, 0.29) is 17.6 Å². The van der Waals surface area contributed by atoms with Crippen molar-refractivity contribution in [3.8, 4) is 0 Å². The van der Waals surface area contributed by atoms with E-state index in [1.54, 1.807) is 17.9 Å². The molecule has 0 atom stereocenters. The summed E-state index contributed by atoms with van der Waals surface area (Å²) in [4.78, 5) is 32.9. The van der Waals surface area contributed by atoms with Gasteiger partial charge in [-0.15, -0.1) is 0 Å². The van der Waals surface area contributed by atoms with Gasteiger partial charge in [0.1, 0.15) is 5.70 Å². The number of benzene rings is 1. The molecule has 2 aliphatic rings. The Bertz CT molecular complexity index is 730. The van der Waals surface area contributed by atoms with E-state index in [1.807, 2.05) is 30.3 Å². The average Bonchev–Trinajstić information content (AvgIpc) is 2.97. The first-order chi connectivity index (χ1) is 13.2. The van der Waals surface area contributed by atoms with Crippen LogP contribution < -0.4 is 0 Å². The largest absolute Gasteiger partial charge is 0.465 e. The van der Waals surface area contributed by atoms with Gasteiger partial charge in [-0.3, -0.25) is 19.4 Å². The SMILES string of the molecule is CCOC(=O)CSC1=NC(=Cc2ccccc2)C(=O)N1CN1CCOCC1. The third kappa shape index (κ3) is 5.41. The van der Waals surface area contributed by atoms with Gasteiger partial charge in [0.05, 0.1) is 32.2 Å². The molecule has 0 aliphatic carbocycles. The zero-order valence-corrected chi connectivity index (χ0v) is 16.1. The van der Waals surface area contributed by atoms with Crippen molar-refractivity contribution in [2.24, 2.45) is 4.99 Å². The van der Waals surface area contributed by atoms with Crippen molar-refractivity contribution in [2.45, 2.75) is 6.92 Å². The molecule has 1 aromatic carbocycles. The molecule has 0 aromatic heterocycles. The van der Waals surface area contributed by atoms with Crippen molar-refractivity contribution < 1.29 is 19.1 Å². The average molecular weight is 389 g/mol. The zero-order valence-electron chi connectivity index (χ0n) is 15.3. The third-order valence-corrected chi connectivity index (χ3v) is 5.03. The van der Waals surface area contributed by atoms with E-state index in [2.05, 4.69) is 9.89 Å². The van der Waals surface area contributed by atoms with E-state index in [0.29, 0.717) is 37.4 Å². The fourth-order valence-electron chi connectivity index (χ4n) is 2.74. The maximum atomic E-state index is 12.9. The summed E-state index contributed by atoms with van der Waals surface area (Å²) in [5, 5.41) is 0.529. The molecule has 1 fully saturated rings. The van der Waals surface area contributed by atoms with E-state index in [1.165, 1.54) is 11.8 Å². The lowest BCUT2D eigenvalue weighted by atomic mass is 10.2. The Kier molecular flexibility index (Phi) is 7.03. The highest BCUT2D eigenvalue weighted by molar-refractivity contribution is 8.14. The van der Waals surface area contributed by atoms with Crippen LogP contribution in [0.15, 0.2) is 41.0 Å². The molecule has 0 spiro atoms. The molecule has 0 radical (unpaired) electrons. The molecule has 2 aliphatic heterocycles. The lowest BCUT2D eigenvalue weighted by molar-refractivity contribution is -0.139. The van der Waals surface area contributed by atoms with Gasteiger partial charge in [0.15, 0.2) is 5.17 Å². The topological polar surface area (TPSA) is 71.4 Å². The molecule has 8 heteroatoms. The highest BCUT2D eigenvalue weighted by Gasteiger charge is 2.32. The van der Waals surface area contributed by atoms with Gasteiger partial charge in [-0.25, -0.2) is 4.99 Å². The minimum atomic E-state index is -0.315. The number of amides is 1. The van der Waals surface area contributed by atoms with Gasteiger partial charge >= 0.3 is 5.97 Å². The second kappa shape index (κ2) is 9.68. The Morgan fingerprint density at radius 2 is 2.04 bits per heavy atom. The van der Waals surface area contributed by atoms with Crippen LogP contribution in [0.5, 0.6) is 0 Å². The van der Waals surface area contributed by atoms with Gasteiger partial charge < -0.3 is 9.47 Å². The van der Waals surface area contributed by atoms with Gasteiger partial charge in [0.25, 0.3) is 5.91 Å². The van der Waals surface area contributed by atoms with Crippen LogP contribution in [0.4, 0.5) is 0 Å². The maximum Gasteiger partial charge on any atom is 0.316 e.